The number of nitrogens with two attached hydrogens (primary N) is 1. The summed E-state index contributed by atoms with van der Waals surface area (Å²) in [6, 6.07) is 6.81. The van der Waals surface area contributed by atoms with E-state index in [1.54, 1.807) is 6.92 Å². The average molecular weight is 343 g/mol. The van der Waals surface area contributed by atoms with Crippen molar-refractivity contribution in [2.75, 3.05) is 0 Å². The Morgan fingerprint density at radius 3 is 2.54 bits per heavy atom. The first-order valence-electron chi connectivity index (χ1n) is 7.56. The van der Waals surface area contributed by atoms with Crippen molar-refractivity contribution in [2.24, 2.45) is 5.73 Å². The smallest absolute Gasteiger partial charge is 0.330 e. The molecule has 0 aliphatic rings. The number of thiophene rings is 1. The second-order valence-electron chi connectivity index (χ2n) is 5.65. The summed E-state index contributed by atoms with van der Waals surface area (Å²) in [4.78, 5) is 40.0. The number of benzene rings is 1. The summed E-state index contributed by atoms with van der Waals surface area (Å²) >= 11 is 1.29. The van der Waals surface area contributed by atoms with Crippen LogP contribution in [0.2, 0.25) is 0 Å². The van der Waals surface area contributed by atoms with E-state index >= 15 is 0 Å². The molecule has 2 aromatic heterocycles. The molecule has 24 heavy (non-hydrogen) atoms. The lowest BCUT2D eigenvalue weighted by Gasteiger charge is -2.13. The number of carbonyl (C=O) groups excluding carboxylic acids is 1. The monoisotopic (exact) mass is 343 g/mol. The molecule has 0 aliphatic carbocycles. The minimum absolute atomic E-state index is 0.272. The highest BCUT2D eigenvalue weighted by atomic mass is 32.1. The zero-order valence-electron chi connectivity index (χ0n) is 13.3. The van der Waals surface area contributed by atoms with Crippen molar-refractivity contribution in [3.05, 3.63) is 56.0 Å². The van der Waals surface area contributed by atoms with Gasteiger partial charge in [0.1, 0.15) is 10.9 Å². The van der Waals surface area contributed by atoms with Crippen LogP contribution in [0.5, 0.6) is 0 Å². The normalized spacial score (nSPS) is 12.4. The summed E-state index contributed by atoms with van der Waals surface area (Å²) in [6.07, 6.45) is 0.272. The zero-order chi connectivity index (χ0) is 17.4. The molecule has 1 aromatic carbocycles. The van der Waals surface area contributed by atoms with Gasteiger partial charge in [0.05, 0.1) is 5.39 Å². The standard InChI is InChI=1S/C17H17N3O3S/c1-3-12(14(18)21)20-16(22)13-11(8-24-15(13)19-17(20)23)10-6-4-9(2)5-7-10/h4-8,12H,3H2,1-2H3,(H2,18,21)(H,19,23). The van der Waals surface area contributed by atoms with E-state index in [0.29, 0.717) is 10.2 Å². The lowest BCUT2D eigenvalue weighted by Crippen LogP contribution is -2.42. The average Bonchev–Trinajstić information content (AvgIpc) is 2.95. The third-order valence-corrected chi connectivity index (χ3v) is 4.95. The first-order chi connectivity index (χ1) is 11.4. The van der Waals surface area contributed by atoms with Crippen LogP contribution in [0.15, 0.2) is 39.2 Å². The second kappa shape index (κ2) is 6.09. The molecule has 0 spiro atoms. The van der Waals surface area contributed by atoms with Crippen LogP contribution in [0.25, 0.3) is 21.3 Å². The van der Waals surface area contributed by atoms with Crippen LogP contribution in [0.3, 0.4) is 0 Å². The maximum Gasteiger partial charge on any atom is 0.330 e. The molecule has 7 heteroatoms. The molecule has 2 heterocycles. The number of carbonyl (C=O) groups is 1. The van der Waals surface area contributed by atoms with E-state index < -0.39 is 23.2 Å². The predicted octanol–water partition coefficient (Wildman–Crippen LogP) is 2.16. The van der Waals surface area contributed by atoms with E-state index in [9.17, 15) is 14.4 Å². The minimum atomic E-state index is -0.962. The van der Waals surface area contributed by atoms with Gasteiger partial charge in [0.25, 0.3) is 5.56 Å². The SMILES string of the molecule is CCC(C(N)=O)n1c(=O)[nH]c2scc(-c3ccc(C)cc3)c2c1=O. The predicted molar refractivity (Wildman–Crippen MR) is 95.4 cm³/mol. The van der Waals surface area contributed by atoms with Crippen molar-refractivity contribution < 1.29 is 4.79 Å². The molecule has 0 radical (unpaired) electrons. The molecule has 0 aliphatic heterocycles. The number of fused-ring (bicyclic) bond motifs is 1. The van der Waals surface area contributed by atoms with Crippen molar-refractivity contribution in [1.82, 2.24) is 9.55 Å². The Kier molecular flexibility index (Phi) is 4.11. The molecule has 6 nitrogen and oxygen atoms in total. The summed E-state index contributed by atoms with van der Waals surface area (Å²) in [5.41, 5.74) is 6.99. The van der Waals surface area contributed by atoms with Gasteiger partial charge in [-0.2, -0.15) is 0 Å². The van der Waals surface area contributed by atoms with Crippen molar-refractivity contribution in [3.8, 4) is 11.1 Å². The van der Waals surface area contributed by atoms with Crippen molar-refractivity contribution >= 4 is 27.5 Å². The molecule has 0 saturated heterocycles. The van der Waals surface area contributed by atoms with Gasteiger partial charge in [-0.3, -0.25) is 14.6 Å². The minimum Gasteiger partial charge on any atom is -0.368 e. The van der Waals surface area contributed by atoms with Crippen LogP contribution in [0.1, 0.15) is 24.9 Å². The first-order valence-corrected chi connectivity index (χ1v) is 8.44. The molecule has 3 N–H and O–H groups in total. The third-order valence-electron chi connectivity index (χ3n) is 4.05. The Hall–Kier alpha value is -2.67. The molecule has 124 valence electrons. The lowest BCUT2D eigenvalue weighted by molar-refractivity contribution is -0.121. The van der Waals surface area contributed by atoms with Gasteiger partial charge in [0, 0.05) is 10.9 Å². The molecule has 3 rings (SSSR count). The number of nitrogens with one attached hydrogen (secondary N) is 1. The number of nitrogens with zero attached hydrogens (tertiary/aromatic N) is 1. The molecule has 0 bridgehead atoms. The Balaban J connectivity index is 2.33. The number of aryl methyl sites for hydroxylation is 1. The van der Waals surface area contributed by atoms with Crippen LogP contribution in [-0.4, -0.2) is 15.5 Å². The number of hydrogen-bond acceptors (Lipinski definition) is 4. The van der Waals surface area contributed by atoms with E-state index in [0.717, 1.165) is 21.3 Å². The summed E-state index contributed by atoms with van der Waals surface area (Å²) in [5.74, 6) is -0.698. The number of H-pyrrole nitrogens is 1. The topological polar surface area (TPSA) is 97.9 Å². The third kappa shape index (κ3) is 2.56. The number of aromatic amines is 1. The van der Waals surface area contributed by atoms with E-state index in [1.807, 2.05) is 36.6 Å². The highest BCUT2D eigenvalue weighted by Gasteiger charge is 2.23. The molecule has 0 saturated carbocycles. The van der Waals surface area contributed by atoms with Crippen LogP contribution >= 0.6 is 11.3 Å². The number of primary amides is 1. The number of rotatable bonds is 4. The van der Waals surface area contributed by atoms with Crippen LogP contribution in [0, 0.1) is 6.92 Å². The van der Waals surface area contributed by atoms with Gasteiger partial charge in [-0.25, -0.2) is 9.36 Å². The molecule has 1 unspecified atom stereocenters. The van der Waals surface area contributed by atoms with Crippen LogP contribution in [-0.2, 0) is 4.79 Å². The second-order valence-corrected chi connectivity index (χ2v) is 6.53. The van der Waals surface area contributed by atoms with Gasteiger partial charge in [-0.05, 0) is 18.9 Å². The molecule has 3 aromatic rings. The van der Waals surface area contributed by atoms with Gasteiger partial charge in [0.2, 0.25) is 5.91 Å². The molecular formula is C17H17N3O3S. The summed E-state index contributed by atoms with van der Waals surface area (Å²) in [6.45, 7) is 3.69. The highest BCUT2D eigenvalue weighted by Crippen LogP contribution is 2.30. The number of amides is 1. The first kappa shape index (κ1) is 16.2. The van der Waals surface area contributed by atoms with Crippen LogP contribution in [0.4, 0.5) is 0 Å². The fourth-order valence-electron chi connectivity index (χ4n) is 2.77. The Bertz CT molecular complexity index is 1030. The fourth-order valence-corrected chi connectivity index (χ4v) is 3.72. The molecule has 0 fully saturated rings. The van der Waals surface area contributed by atoms with Gasteiger partial charge < -0.3 is 5.73 Å². The molecule has 1 amide bonds. The highest BCUT2D eigenvalue weighted by molar-refractivity contribution is 7.17. The van der Waals surface area contributed by atoms with Gasteiger partial charge >= 0.3 is 5.69 Å². The quantitative estimate of drug-likeness (QED) is 0.759. The Labute approximate surface area is 141 Å². The van der Waals surface area contributed by atoms with Gasteiger partial charge in [0.15, 0.2) is 0 Å². The van der Waals surface area contributed by atoms with Crippen molar-refractivity contribution in [2.45, 2.75) is 26.3 Å². The maximum absolute atomic E-state index is 12.9. The van der Waals surface area contributed by atoms with Crippen LogP contribution < -0.4 is 17.0 Å². The molecule has 1 atom stereocenters. The van der Waals surface area contributed by atoms with E-state index in [4.69, 9.17) is 5.73 Å². The van der Waals surface area contributed by atoms with E-state index in [1.165, 1.54) is 11.3 Å². The maximum atomic E-state index is 12.9. The van der Waals surface area contributed by atoms with Crippen molar-refractivity contribution in [3.63, 3.8) is 0 Å². The van der Waals surface area contributed by atoms with Crippen molar-refractivity contribution in [1.29, 1.82) is 0 Å². The van der Waals surface area contributed by atoms with Gasteiger partial charge in [-0.1, -0.05) is 36.8 Å². The lowest BCUT2D eigenvalue weighted by atomic mass is 10.0. The number of hydrogen-bond donors (Lipinski definition) is 2. The Morgan fingerprint density at radius 2 is 1.96 bits per heavy atom. The molecular weight excluding hydrogens is 326 g/mol. The largest absolute Gasteiger partial charge is 0.368 e. The van der Waals surface area contributed by atoms with Gasteiger partial charge in [-0.15, -0.1) is 11.3 Å². The summed E-state index contributed by atoms with van der Waals surface area (Å²) in [5, 5.41) is 2.24. The number of aromatic nitrogens is 2. The van der Waals surface area contributed by atoms with E-state index in [2.05, 4.69) is 4.98 Å². The Morgan fingerprint density at radius 1 is 1.29 bits per heavy atom. The van der Waals surface area contributed by atoms with E-state index in [-0.39, 0.29) is 6.42 Å². The fraction of sp³-hybridized carbons (Fsp3) is 0.235. The zero-order valence-corrected chi connectivity index (χ0v) is 14.1. The summed E-state index contributed by atoms with van der Waals surface area (Å²) < 4.78 is 0.926. The summed E-state index contributed by atoms with van der Waals surface area (Å²) in [7, 11) is 0.